The maximum absolute atomic E-state index is 13.3. The molecule has 2 aromatic carbocycles. The molecule has 0 spiro atoms. The predicted molar refractivity (Wildman–Crippen MR) is 109 cm³/mol. The lowest BCUT2D eigenvalue weighted by atomic mass is 10.2. The molecule has 3 aromatic rings. The molecule has 0 amide bonds. The van der Waals surface area contributed by atoms with E-state index in [0.717, 1.165) is 22.0 Å². The summed E-state index contributed by atoms with van der Waals surface area (Å²) >= 11 is 1.65. The summed E-state index contributed by atoms with van der Waals surface area (Å²) in [5.74, 6) is 0.800. The van der Waals surface area contributed by atoms with Gasteiger partial charge in [0.15, 0.2) is 0 Å². The molecule has 0 radical (unpaired) electrons. The van der Waals surface area contributed by atoms with Gasteiger partial charge >= 0.3 is 0 Å². The number of nitrogens with zero attached hydrogens (tertiary/aromatic N) is 3. The summed E-state index contributed by atoms with van der Waals surface area (Å²) in [5, 5.41) is 4.44. The second kappa shape index (κ2) is 8.41. The Balaban J connectivity index is 1.71. The van der Waals surface area contributed by atoms with Crippen LogP contribution < -0.4 is 10.5 Å². The average molecular weight is 379 g/mol. The van der Waals surface area contributed by atoms with Gasteiger partial charge in [0.05, 0.1) is 30.0 Å². The predicted octanol–water partition coefficient (Wildman–Crippen LogP) is 3.36. The second-order valence-corrected chi connectivity index (χ2v) is 7.30. The number of benzene rings is 2. The van der Waals surface area contributed by atoms with Crippen molar-refractivity contribution in [1.82, 2.24) is 9.78 Å². The molecule has 0 aliphatic carbocycles. The molecule has 1 saturated heterocycles. The summed E-state index contributed by atoms with van der Waals surface area (Å²) in [5.41, 5.74) is 2.64. The molecule has 4 rings (SSSR count). The van der Waals surface area contributed by atoms with Gasteiger partial charge in [-0.15, -0.1) is 11.8 Å². The summed E-state index contributed by atoms with van der Waals surface area (Å²) < 4.78 is 6.96. The van der Waals surface area contributed by atoms with Crippen LogP contribution in [0.1, 0.15) is 5.56 Å². The van der Waals surface area contributed by atoms with Crippen LogP contribution in [0.25, 0.3) is 5.69 Å². The van der Waals surface area contributed by atoms with Gasteiger partial charge in [-0.2, -0.15) is 9.78 Å². The molecule has 1 aliphatic heterocycles. The third kappa shape index (κ3) is 4.07. The molecule has 1 aromatic heterocycles. The van der Waals surface area contributed by atoms with Gasteiger partial charge in [-0.1, -0.05) is 48.5 Å². The van der Waals surface area contributed by atoms with Crippen molar-refractivity contribution in [2.75, 3.05) is 31.2 Å². The molecule has 6 heteroatoms. The Labute approximate surface area is 162 Å². The van der Waals surface area contributed by atoms with Gasteiger partial charge in [0.2, 0.25) is 0 Å². The first-order chi connectivity index (χ1) is 13.3. The van der Waals surface area contributed by atoms with E-state index in [9.17, 15) is 4.79 Å². The topological polar surface area (TPSA) is 47.4 Å². The summed E-state index contributed by atoms with van der Waals surface area (Å²) in [4.78, 5) is 16.3. The summed E-state index contributed by atoms with van der Waals surface area (Å²) in [6.45, 7) is 2.70. The molecular formula is C21H21N3O2S. The zero-order valence-electron chi connectivity index (χ0n) is 15.0. The molecule has 1 fully saturated rings. The fourth-order valence-electron chi connectivity index (χ4n) is 3.10. The number of aromatic nitrogens is 2. The third-order valence-electron chi connectivity index (χ3n) is 4.48. The van der Waals surface area contributed by atoms with E-state index in [-0.39, 0.29) is 5.56 Å². The van der Waals surface area contributed by atoms with Gasteiger partial charge in [0.1, 0.15) is 5.69 Å². The number of ether oxygens (including phenoxy) is 1. The van der Waals surface area contributed by atoms with Gasteiger partial charge in [0.25, 0.3) is 5.56 Å². The number of hydrogen-bond donors (Lipinski definition) is 0. The molecule has 0 N–H and O–H groups in total. The Morgan fingerprint density at radius 3 is 2.33 bits per heavy atom. The number of morpholine rings is 1. The molecule has 1 aliphatic rings. The van der Waals surface area contributed by atoms with Crippen LogP contribution in [0.5, 0.6) is 0 Å². The van der Waals surface area contributed by atoms with Gasteiger partial charge in [0, 0.05) is 18.8 Å². The van der Waals surface area contributed by atoms with Crippen LogP contribution in [0.15, 0.2) is 76.6 Å². The van der Waals surface area contributed by atoms with Gasteiger partial charge in [-0.25, -0.2) is 0 Å². The van der Waals surface area contributed by atoms with Crippen molar-refractivity contribution in [2.45, 2.75) is 10.6 Å². The lowest BCUT2D eigenvalue weighted by Gasteiger charge is -2.29. The van der Waals surface area contributed by atoms with E-state index >= 15 is 0 Å². The maximum atomic E-state index is 13.3. The Morgan fingerprint density at radius 1 is 0.963 bits per heavy atom. The highest BCUT2D eigenvalue weighted by Gasteiger charge is 2.21. The Morgan fingerprint density at radius 2 is 1.63 bits per heavy atom. The number of rotatable bonds is 5. The van der Waals surface area contributed by atoms with Crippen molar-refractivity contribution in [3.05, 3.63) is 82.8 Å². The zero-order valence-corrected chi connectivity index (χ0v) is 15.8. The van der Waals surface area contributed by atoms with E-state index in [4.69, 9.17) is 4.74 Å². The van der Waals surface area contributed by atoms with Gasteiger partial charge < -0.3 is 9.64 Å². The van der Waals surface area contributed by atoms with Crippen molar-refractivity contribution in [3.63, 3.8) is 0 Å². The van der Waals surface area contributed by atoms with Crippen LogP contribution in [-0.4, -0.2) is 36.1 Å². The van der Waals surface area contributed by atoms with Crippen molar-refractivity contribution >= 4 is 17.4 Å². The second-order valence-electron chi connectivity index (χ2n) is 6.28. The largest absolute Gasteiger partial charge is 0.378 e. The summed E-state index contributed by atoms with van der Waals surface area (Å²) in [7, 11) is 0. The molecule has 0 unspecified atom stereocenters. The molecule has 0 saturated carbocycles. The normalized spacial score (nSPS) is 14.3. The Kier molecular flexibility index (Phi) is 5.55. The smallest absolute Gasteiger partial charge is 0.296 e. The van der Waals surface area contributed by atoms with Crippen molar-refractivity contribution in [3.8, 4) is 5.69 Å². The van der Waals surface area contributed by atoms with Crippen molar-refractivity contribution in [1.29, 1.82) is 0 Å². The van der Waals surface area contributed by atoms with Crippen molar-refractivity contribution in [2.24, 2.45) is 0 Å². The summed E-state index contributed by atoms with van der Waals surface area (Å²) in [6, 6.07) is 19.8. The monoisotopic (exact) mass is 379 g/mol. The summed E-state index contributed by atoms with van der Waals surface area (Å²) in [6.07, 6.45) is 1.81. The first-order valence-electron chi connectivity index (χ1n) is 9.00. The fraction of sp³-hybridized carbons (Fsp3) is 0.238. The van der Waals surface area contributed by atoms with E-state index in [1.807, 2.05) is 54.7 Å². The Hall–Kier alpha value is -2.57. The minimum Gasteiger partial charge on any atom is -0.378 e. The quantitative estimate of drug-likeness (QED) is 0.636. The van der Waals surface area contributed by atoms with E-state index < -0.39 is 0 Å². The van der Waals surface area contributed by atoms with Crippen molar-refractivity contribution < 1.29 is 4.74 Å². The minimum absolute atomic E-state index is 0.0823. The van der Waals surface area contributed by atoms with Gasteiger partial charge in [-0.3, -0.25) is 4.79 Å². The zero-order chi connectivity index (χ0) is 18.5. The van der Waals surface area contributed by atoms with Crippen LogP contribution in [0.2, 0.25) is 0 Å². The van der Waals surface area contributed by atoms with E-state index in [1.165, 1.54) is 10.2 Å². The third-order valence-corrected chi connectivity index (χ3v) is 5.57. The average Bonchev–Trinajstić information content (AvgIpc) is 2.74. The molecule has 5 nitrogen and oxygen atoms in total. The number of hydrogen-bond acceptors (Lipinski definition) is 5. The number of thioether (sulfide) groups is 1. The molecule has 138 valence electrons. The fourth-order valence-corrected chi connectivity index (χ4v) is 4.09. The van der Waals surface area contributed by atoms with Crippen LogP contribution in [0.4, 0.5) is 5.69 Å². The van der Waals surface area contributed by atoms with Crippen LogP contribution in [0, 0.1) is 0 Å². The molecule has 0 bridgehead atoms. The van der Waals surface area contributed by atoms with E-state index in [0.29, 0.717) is 26.3 Å². The first kappa shape index (κ1) is 17.8. The molecule has 27 heavy (non-hydrogen) atoms. The van der Waals surface area contributed by atoms with E-state index in [2.05, 4.69) is 22.1 Å². The highest BCUT2D eigenvalue weighted by Crippen LogP contribution is 2.30. The van der Waals surface area contributed by atoms with Crippen LogP contribution in [-0.2, 0) is 10.5 Å². The highest BCUT2D eigenvalue weighted by atomic mass is 32.2. The number of para-hydroxylation sites is 1. The minimum atomic E-state index is -0.0823. The van der Waals surface area contributed by atoms with E-state index in [1.54, 1.807) is 11.8 Å². The van der Waals surface area contributed by atoms with Gasteiger partial charge in [-0.05, 0) is 17.7 Å². The van der Waals surface area contributed by atoms with Crippen LogP contribution >= 0.6 is 11.8 Å². The van der Waals surface area contributed by atoms with Crippen LogP contribution in [0.3, 0.4) is 0 Å². The highest BCUT2D eigenvalue weighted by molar-refractivity contribution is 7.98. The standard InChI is InChI=1S/C21H21N3O2S/c25-21-20(23-11-13-26-14-12-23)19(27-16-17-7-3-1-4-8-17)15-22-24(21)18-9-5-2-6-10-18/h1-10,15H,11-14,16H2. The maximum Gasteiger partial charge on any atom is 0.296 e. The lowest BCUT2D eigenvalue weighted by Crippen LogP contribution is -2.41. The SMILES string of the molecule is O=c1c(N2CCOCC2)c(SCc2ccccc2)cnn1-c1ccccc1. The lowest BCUT2D eigenvalue weighted by molar-refractivity contribution is 0.122. The molecule has 2 heterocycles. The Bertz CT molecular complexity index is 939. The number of anilines is 1. The molecule has 0 atom stereocenters. The first-order valence-corrected chi connectivity index (χ1v) is 9.98. The molecular weight excluding hydrogens is 358 g/mol.